The normalized spacial score (nSPS) is 26.8. The van der Waals surface area contributed by atoms with Crippen LogP contribution in [0.1, 0.15) is 45.3 Å². The summed E-state index contributed by atoms with van der Waals surface area (Å²) in [5, 5.41) is 20.0. The number of carbonyl (C=O) groups is 1. The molecule has 2 unspecified atom stereocenters. The molecule has 6 nitrogen and oxygen atoms in total. The molecule has 0 aromatic heterocycles. The van der Waals surface area contributed by atoms with Crippen molar-refractivity contribution in [2.75, 3.05) is 13.1 Å². The molecule has 6 heteroatoms. The molecular formula is C17H23NO5. The molecule has 1 fully saturated rings. The number of rotatable bonds is 0. The Labute approximate surface area is 135 Å². The van der Waals surface area contributed by atoms with Gasteiger partial charge in [0, 0.05) is 31.0 Å². The van der Waals surface area contributed by atoms with Crippen LogP contribution >= 0.6 is 0 Å². The molecule has 2 aliphatic rings. The van der Waals surface area contributed by atoms with E-state index >= 15 is 0 Å². The van der Waals surface area contributed by atoms with Crippen LogP contribution in [0.15, 0.2) is 18.2 Å². The summed E-state index contributed by atoms with van der Waals surface area (Å²) in [5.41, 5.74) is -0.501. The first kappa shape index (κ1) is 15.9. The van der Waals surface area contributed by atoms with Gasteiger partial charge in [-0.3, -0.25) is 0 Å². The lowest BCUT2D eigenvalue weighted by atomic mass is 9.88. The second-order valence-electron chi connectivity index (χ2n) is 7.38. The second-order valence-corrected chi connectivity index (χ2v) is 7.38. The van der Waals surface area contributed by atoms with Gasteiger partial charge >= 0.3 is 6.09 Å². The smallest absolute Gasteiger partial charge is 0.410 e. The predicted molar refractivity (Wildman–Crippen MR) is 83.5 cm³/mol. The first-order valence-corrected chi connectivity index (χ1v) is 7.85. The maximum atomic E-state index is 12.2. The number of likely N-dealkylation sites (tertiary alicyclic amines) is 1. The molecule has 23 heavy (non-hydrogen) atoms. The molecule has 0 aliphatic carbocycles. The van der Waals surface area contributed by atoms with E-state index in [4.69, 9.17) is 9.47 Å². The number of phenolic OH excluding ortho intramolecular Hbond substituents is 1. The van der Waals surface area contributed by atoms with E-state index in [1.165, 1.54) is 12.1 Å². The maximum absolute atomic E-state index is 12.2. The summed E-state index contributed by atoms with van der Waals surface area (Å²) < 4.78 is 11.5. The minimum Gasteiger partial charge on any atom is -0.508 e. The number of aromatic hydroxyl groups is 1. The first-order valence-electron chi connectivity index (χ1n) is 7.85. The molecule has 1 saturated heterocycles. The molecule has 2 atom stereocenters. The summed E-state index contributed by atoms with van der Waals surface area (Å²) in [7, 11) is 0. The van der Waals surface area contributed by atoms with Gasteiger partial charge in [0.2, 0.25) is 0 Å². The second kappa shape index (κ2) is 5.30. The quantitative estimate of drug-likeness (QED) is 0.768. The van der Waals surface area contributed by atoms with Crippen molar-refractivity contribution in [3.8, 4) is 11.5 Å². The van der Waals surface area contributed by atoms with Crippen LogP contribution in [-0.4, -0.2) is 45.5 Å². The largest absolute Gasteiger partial charge is 0.508 e. The molecule has 1 aromatic carbocycles. The van der Waals surface area contributed by atoms with Crippen molar-refractivity contribution in [3.05, 3.63) is 23.8 Å². The summed E-state index contributed by atoms with van der Waals surface area (Å²) in [5.74, 6) is 0.574. The Bertz CT molecular complexity index is 624. The molecule has 1 spiro atoms. The van der Waals surface area contributed by atoms with Gasteiger partial charge < -0.3 is 24.6 Å². The number of amides is 1. The van der Waals surface area contributed by atoms with Gasteiger partial charge in [0.25, 0.3) is 0 Å². The number of benzene rings is 1. The zero-order chi connectivity index (χ0) is 16.8. The molecule has 1 aromatic rings. The van der Waals surface area contributed by atoms with E-state index in [0.717, 1.165) is 0 Å². The van der Waals surface area contributed by atoms with Crippen LogP contribution in [-0.2, 0) is 4.74 Å². The van der Waals surface area contributed by atoms with E-state index in [1.54, 1.807) is 11.0 Å². The molecule has 0 bridgehead atoms. The predicted octanol–water partition coefficient (Wildman–Crippen LogP) is 2.59. The average Bonchev–Trinajstić information content (AvgIpc) is 2.79. The van der Waals surface area contributed by atoms with E-state index in [2.05, 4.69) is 0 Å². The average molecular weight is 321 g/mol. The molecule has 2 N–H and O–H groups in total. The molecule has 0 saturated carbocycles. The van der Waals surface area contributed by atoms with Gasteiger partial charge in [0.05, 0.1) is 12.6 Å². The first-order chi connectivity index (χ1) is 10.7. The third-order valence-electron chi connectivity index (χ3n) is 4.22. The van der Waals surface area contributed by atoms with Gasteiger partial charge in [-0.15, -0.1) is 0 Å². The number of aliphatic hydroxyl groups is 1. The molecule has 1 amide bonds. The molecule has 2 heterocycles. The van der Waals surface area contributed by atoms with Crippen molar-refractivity contribution in [1.82, 2.24) is 4.90 Å². The summed E-state index contributed by atoms with van der Waals surface area (Å²) in [6, 6.07) is 4.71. The van der Waals surface area contributed by atoms with Crippen LogP contribution in [0.3, 0.4) is 0 Å². The van der Waals surface area contributed by atoms with Crippen molar-refractivity contribution in [2.45, 2.75) is 50.9 Å². The lowest BCUT2D eigenvalue weighted by Gasteiger charge is -2.38. The highest BCUT2D eigenvalue weighted by molar-refractivity contribution is 5.68. The number of aliphatic hydroxyl groups excluding tert-OH is 1. The van der Waals surface area contributed by atoms with E-state index in [-0.39, 0.29) is 11.8 Å². The number of carbonyl (C=O) groups excluding carboxylic acids is 1. The highest BCUT2D eigenvalue weighted by atomic mass is 16.6. The van der Waals surface area contributed by atoms with E-state index in [1.807, 2.05) is 20.8 Å². The van der Waals surface area contributed by atoms with Crippen LogP contribution in [0.4, 0.5) is 4.79 Å². The van der Waals surface area contributed by atoms with E-state index in [9.17, 15) is 15.0 Å². The summed E-state index contributed by atoms with van der Waals surface area (Å²) >= 11 is 0. The fourth-order valence-electron chi connectivity index (χ4n) is 3.20. The van der Waals surface area contributed by atoms with Crippen LogP contribution in [0, 0.1) is 0 Å². The Kier molecular flexibility index (Phi) is 3.67. The van der Waals surface area contributed by atoms with Gasteiger partial charge in [0.1, 0.15) is 22.7 Å². The zero-order valence-electron chi connectivity index (χ0n) is 13.7. The van der Waals surface area contributed by atoms with E-state index in [0.29, 0.717) is 37.2 Å². The molecule has 0 radical (unpaired) electrons. The molecule has 2 aliphatic heterocycles. The van der Waals surface area contributed by atoms with Crippen LogP contribution in [0.2, 0.25) is 0 Å². The Balaban J connectivity index is 1.76. The van der Waals surface area contributed by atoms with Crippen molar-refractivity contribution >= 4 is 6.09 Å². The van der Waals surface area contributed by atoms with Gasteiger partial charge in [-0.05, 0) is 32.9 Å². The lowest BCUT2D eigenvalue weighted by molar-refractivity contribution is -0.0132. The number of fused-ring (bicyclic) bond motifs is 1. The summed E-state index contributed by atoms with van der Waals surface area (Å²) in [6.45, 7) is 6.38. The van der Waals surface area contributed by atoms with Crippen molar-refractivity contribution in [3.63, 3.8) is 0 Å². The number of phenols is 1. The standard InChI is InChI=1S/C17H23NO5/c1-16(2,3)23-15(21)18-7-6-17(10-18)9-13(20)12-5-4-11(19)8-14(12)22-17/h4-5,8,13,19-20H,6-7,9-10H2,1-3H3. The topological polar surface area (TPSA) is 79.2 Å². The van der Waals surface area contributed by atoms with Crippen LogP contribution in [0.5, 0.6) is 11.5 Å². The fraction of sp³-hybridized carbons (Fsp3) is 0.588. The van der Waals surface area contributed by atoms with Crippen LogP contribution < -0.4 is 4.74 Å². The van der Waals surface area contributed by atoms with Gasteiger partial charge in [-0.2, -0.15) is 0 Å². The molecule has 126 valence electrons. The Morgan fingerprint density at radius 1 is 1.43 bits per heavy atom. The molecular weight excluding hydrogens is 298 g/mol. The van der Waals surface area contributed by atoms with Gasteiger partial charge in [-0.1, -0.05) is 0 Å². The summed E-state index contributed by atoms with van der Waals surface area (Å²) in [6.07, 6.45) is 0.00903. The number of ether oxygens (including phenoxy) is 2. The third kappa shape index (κ3) is 3.22. The van der Waals surface area contributed by atoms with Crippen molar-refractivity contribution in [2.24, 2.45) is 0 Å². The highest BCUT2D eigenvalue weighted by Crippen LogP contribution is 2.44. The fourth-order valence-corrected chi connectivity index (χ4v) is 3.20. The highest BCUT2D eigenvalue weighted by Gasteiger charge is 2.47. The third-order valence-corrected chi connectivity index (χ3v) is 4.22. The summed E-state index contributed by atoms with van der Waals surface area (Å²) in [4.78, 5) is 13.8. The Hall–Kier alpha value is -1.95. The number of hydrogen-bond donors (Lipinski definition) is 2. The van der Waals surface area contributed by atoms with Crippen molar-refractivity contribution in [1.29, 1.82) is 0 Å². The van der Waals surface area contributed by atoms with Gasteiger partial charge in [-0.25, -0.2) is 4.79 Å². The number of hydrogen-bond acceptors (Lipinski definition) is 5. The Morgan fingerprint density at radius 2 is 2.17 bits per heavy atom. The van der Waals surface area contributed by atoms with Gasteiger partial charge in [0.15, 0.2) is 0 Å². The number of nitrogens with zero attached hydrogens (tertiary/aromatic N) is 1. The van der Waals surface area contributed by atoms with E-state index < -0.39 is 17.3 Å². The zero-order valence-corrected chi connectivity index (χ0v) is 13.7. The lowest BCUT2D eigenvalue weighted by Crippen LogP contribution is -2.45. The van der Waals surface area contributed by atoms with Crippen LogP contribution in [0.25, 0.3) is 0 Å². The monoisotopic (exact) mass is 321 g/mol. The minimum absolute atomic E-state index is 0.0926. The van der Waals surface area contributed by atoms with Crippen molar-refractivity contribution < 1.29 is 24.5 Å². The maximum Gasteiger partial charge on any atom is 0.410 e. The minimum atomic E-state index is -0.669. The molecule has 3 rings (SSSR count). The Morgan fingerprint density at radius 3 is 2.87 bits per heavy atom. The SMILES string of the molecule is CC(C)(C)OC(=O)N1CCC2(CC(O)c3ccc(O)cc3O2)C1.